The van der Waals surface area contributed by atoms with Crippen LogP contribution in [0.25, 0.3) is 0 Å². The monoisotopic (exact) mass is 366 g/mol. The van der Waals surface area contributed by atoms with Crippen molar-refractivity contribution in [3.8, 4) is 0 Å². The van der Waals surface area contributed by atoms with Crippen LogP contribution in [0, 0.1) is 0 Å². The van der Waals surface area contributed by atoms with E-state index >= 15 is 0 Å². The normalized spacial score (nSPS) is 10.7. The number of esters is 1. The van der Waals surface area contributed by atoms with Crippen LogP contribution in [-0.4, -0.2) is 27.7 Å². The van der Waals surface area contributed by atoms with Gasteiger partial charge in [0.25, 0.3) is 0 Å². The molecule has 0 radical (unpaired) electrons. The van der Waals surface area contributed by atoms with Gasteiger partial charge in [-0.1, -0.05) is 35.0 Å². The van der Waals surface area contributed by atoms with Gasteiger partial charge in [0.05, 0.1) is 19.4 Å². The van der Waals surface area contributed by atoms with Crippen molar-refractivity contribution in [3.63, 3.8) is 0 Å². The quantitative estimate of drug-likeness (QED) is 0.798. The molecule has 0 bridgehead atoms. The second-order valence-corrected chi connectivity index (χ2v) is 5.85. The largest absolute Gasteiger partial charge is 0.464 e. The average Bonchev–Trinajstić information content (AvgIpc) is 2.87. The third-order valence-electron chi connectivity index (χ3n) is 3.37. The molecule has 0 unspecified atom stereocenters. The first-order chi connectivity index (χ1) is 10.6. The Bertz CT molecular complexity index is 650. The fourth-order valence-corrected chi connectivity index (χ4v) is 2.61. The zero-order valence-electron chi connectivity index (χ0n) is 12.7. The van der Waals surface area contributed by atoms with Crippen LogP contribution in [0.2, 0.25) is 0 Å². The first-order valence-corrected chi connectivity index (χ1v) is 7.91. The molecule has 2 aromatic rings. The SMILES string of the molecule is CCCc1nc(CO)c(C(=O)OC)n1Cc1ccc(Br)cc1. The number of imidazole rings is 1. The molecule has 1 aromatic heterocycles. The lowest BCUT2D eigenvalue weighted by atomic mass is 10.2. The number of aryl methyl sites for hydroxylation is 1. The van der Waals surface area contributed by atoms with Crippen LogP contribution in [0.3, 0.4) is 0 Å². The van der Waals surface area contributed by atoms with Gasteiger partial charge in [-0.3, -0.25) is 0 Å². The van der Waals surface area contributed by atoms with Crippen LogP contribution in [0.4, 0.5) is 0 Å². The Balaban J connectivity index is 2.47. The third kappa shape index (κ3) is 3.56. The molecular weight excluding hydrogens is 348 g/mol. The highest BCUT2D eigenvalue weighted by atomic mass is 79.9. The Hall–Kier alpha value is -1.66. The molecule has 0 atom stereocenters. The van der Waals surface area contributed by atoms with Crippen molar-refractivity contribution >= 4 is 21.9 Å². The Morgan fingerprint density at radius 2 is 2.05 bits per heavy atom. The van der Waals surface area contributed by atoms with Crippen molar-refractivity contribution in [2.45, 2.75) is 32.9 Å². The predicted molar refractivity (Wildman–Crippen MR) is 86.7 cm³/mol. The van der Waals surface area contributed by atoms with Gasteiger partial charge in [-0.05, 0) is 24.1 Å². The van der Waals surface area contributed by atoms with E-state index in [1.165, 1.54) is 7.11 Å². The first-order valence-electron chi connectivity index (χ1n) is 7.12. The molecule has 0 aliphatic heterocycles. The number of carbonyl (C=O) groups excluding carboxylic acids is 1. The van der Waals surface area contributed by atoms with Crippen molar-refractivity contribution in [2.24, 2.45) is 0 Å². The number of methoxy groups -OCH3 is 1. The summed E-state index contributed by atoms with van der Waals surface area (Å²) in [4.78, 5) is 16.5. The molecule has 1 N–H and O–H groups in total. The predicted octanol–water partition coefficient (Wildman–Crippen LogP) is 2.93. The Labute approximate surface area is 138 Å². The summed E-state index contributed by atoms with van der Waals surface area (Å²) in [6, 6.07) is 7.88. The standard InChI is InChI=1S/C16H19BrN2O3/c1-3-4-14-18-13(10-20)15(16(21)22-2)19(14)9-11-5-7-12(17)8-6-11/h5-8,20H,3-4,9-10H2,1-2H3. The smallest absolute Gasteiger partial charge is 0.356 e. The summed E-state index contributed by atoms with van der Waals surface area (Å²) in [7, 11) is 1.33. The van der Waals surface area contributed by atoms with E-state index in [-0.39, 0.29) is 6.61 Å². The molecule has 0 amide bonds. The van der Waals surface area contributed by atoms with E-state index in [1.807, 2.05) is 28.8 Å². The molecule has 0 aliphatic carbocycles. The maximum atomic E-state index is 12.1. The lowest BCUT2D eigenvalue weighted by molar-refractivity contribution is 0.0584. The van der Waals surface area contributed by atoms with Gasteiger partial charge in [-0.2, -0.15) is 0 Å². The van der Waals surface area contributed by atoms with Crippen molar-refractivity contribution in [3.05, 3.63) is 51.5 Å². The van der Waals surface area contributed by atoms with Gasteiger partial charge in [0.1, 0.15) is 5.82 Å². The molecule has 6 heteroatoms. The molecule has 2 rings (SSSR count). The summed E-state index contributed by atoms with van der Waals surface area (Å²) in [5.74, 6) is 0.311. The van der Waals surface area contributed by atoms with E-state index in [0.29, 0.717) is 17.9 Å². The number of nitrogens with zero attached hydrogens (tertiary/aromatic N) is 2. The van der Waals surface area contributed by atoms with E-state index in [4.69, 9.17) is 4.74 Å². The minimum Gasteiger partial charge on any atom is -0.464 e. The summed E-state index contributed by atoms with van der Waals surface area (Å²) in [6.45, 7) is 2.28. The van der Waals surface area contributed by atoms with E-state index in [1.54, 1.807) is 0 Å². The number of rotatable bonds is 6. The number of halogens is 1. The molecular formula is C16H19BrN2O3. The highest BCUT2D eigenvalue weighted by Gasteiger charge is 2.22. The summed E-state index contributed by atoms with van der Waals surface area (Å²) in [5, 5.41) is 9.48. The molecule has 0 saturated carbocycles. The van der Waals surface area contributed by atoms with Crippen molar-refractivity contribution in [2.75, 3.05) is 7.11 Å². The summed E-state index contributed by atoms with van der Waals surface area (Å²) >= 11 is 3.41. The van der Waals surface area contributed by atoms with E-state index in [0.717, 1.165) is 28.7 Å². The topological polar surface area (TPSA) is 64.3 Å². The third-order valence-corrected chi connectivity index (χ3v) is 3.90. The molecule has 0 spiro atoms. The van der Waals surface area contributed by atoms with E-state index in [9.17, 15) is 9.90 Å². The Morgan fingerprint density at radius 1 is 1.36 bits per heavy atom. The molecule has 118 valence electrons. The van der Waals surface area contributed by atoms with Gasteiger partial charge in [-0.25, -0.2) is 9.78 Å². The lowest BCUT2D eigenvalue weighted by Gasteiger charge is -2.11. The number of aliphatic hydroxyl groups excluding tert-OH is 1. The number of hydrogen-bond acceptors (Lipinski definition) is 4. The molecule has 0 fully saturated rings. The van der Waals surface area contributed by atoms with Gasteiger partial charge < -0.3 is 14.4 Å². The molecule has 1 heterocycles. The fourth-order valence-electron chi connectivity index (χ4n) is 2.35. The summed E-state index contributed by atoms with van der Waals surface area (Å²) < 4.78 is 7.69. The number of aliphatic hydroxyl groups is 1. The Kier molecular flexibility index (Phi) is 5.74. The van der Waals surface area contributed by atoms with Gasteiger partial charge in [0, 0.05) is 17.4 Å². The van der Waals surface area contributed by atoms with Gasteiger partial charge in [-0.15, -0.1) is 0 Å². The number of benzene rings is 1. The second-order valence-electron chi connectivity index (χ2n) is 4.94. The highest BCUT2D eigenvalue weighted by molar-refractivity contribution is 9.10. The minimum atomic E-state index is -0.476. The Morgan fingerprint density at radius 3 is 2.59 bits per heavy atom. The highest BCUT2D eigenvalue weighted by Crippen LogP contribution is 2.19. The van der Waals surface area contributed by atoms with Crippen LogP contribution in [0.1, 0.15) is 40.9 Å². The van der Waals surface area contributed by atoms with E-state index < -0.39 is 5.97 Å². The number of aromatic nitrogens is 2. The lowest BCUT2D eigenvalue weighted by Crippen LogP contribution is -2.15. The molecule has 0 aliphatic rings. The zero-order valence-corrected chi connectivity index (χ0v) is 14.3. The zero-order chi connectivity index (χ0) is 16.1. The van der Waals surface area contributed by atoms with Gasteiger partial charge >= 0.3 is 5.97 Å². The van der Waals surface area contributed by atoms with Gasteiger partial charge in [0.2, 0.25) is 0 Å². The maximum absolute atomic E-state index is 12.1. The van der Waals surface area contributed by atoms with E-state index in [2.05, 4.69) is 27.8 Å². The van der Waals surface area contributed by atoms with Crippen molar-refractivity contribution < 1.29 is 14.6 Å². The van der Waals surface area contributed by atoms with Crippen LogP contribution >= 0.6 is 15.9 Å². The average molecular weight is 367 g/mol. The van der Waals surface area contributed by atoms with Crippen molar-refractivity contribution in [1.29, 1.82) is 0 Å². The molecule has 5 nitrogen and oxygen atoms in total. The first kappa shape index (κ1) is 16.7. The number of hydrogen-bond donors (Lipinski definition) is 1. The van der Waals surface area contributed by atoms with Gasteiger partial charge in [0.15, 0.2) is 5.69 Å². The van der Waals surface area contributed by atoms with Crippen LogP contribution in [0.15, 0.2) is 28.7 Å². The number of carbonyl (C=O) groups is 1. The van der Waals surface area contributed by atoms with Crippen LogP contribution < -0.4 is 0 Å². The number of ether oxygens (including phenoxy) is 1. The summed E-state index contributed by atoms with van der Waals surface area (Å²) in [6.07, 6.45) is 1.64. The van der Waals surface area contributed by atoms with Crippen LogP contribution in [-0.2, 0) is 24.3 Å². The maximum Gasteiger partial charge on any atom is 0.356 e. The molecule has 1 aromatic carbocycles. The van der Waals surface area contributed by atoms with Crippen LogP contribution in [0.5, 0.6) is 0 Å². The summed E-state index contributed by atoms with van der Waals surface area (Å²) in [5.41, 5.74) is 1.75. The fraction of sp³-hybridized carbons (Fsp3) is 0.375. The second kappa shape index (κ2) is 7.56. The minimum absolute atomic E-state index is 0.283. The molecule has 0 saturated heterocycles. The molecule has 22 heavy (non-hydrogen) atoms. The van der Waals surface area contributed by atoms with Crippen molar-refractivity contribution in [1.82, 2.24) is 9.55 Å².